The lowest BCUT2D eigenvalue weighted by Crippen LogP contribution is -2.56. The van der Waals surface area contributed by atoms with Gasteiger partial charge in [0.1, 0.15) is 0 Å². The van der Waals surface area contributed by atoms with Gasteiger partial charge in [-0.25, -0.2) is 0 Å². The molecule has 1 atom stereocenters. The zero-order valence-electron chi connectivity index (χ0n) is 15.3. The van der Waals surface area contributed by atoms with Crippen molar-refractivity contribution in [3.05, 3.63) is 35.4 Å². The summed E-state index contributed by atoms with van der Waals surface area (Å²) < 4.78 is 0. The number of nitrogens with zero attached hydrogens (tertiary/aromatic N) is 1. The summed E-state index contributed by atoms with van der Waals surface area (Å²) in [4.78, 5) is 26.6. The van der Waals surface area contributed by atoms with Crippen molar-refractivity contribution in [1.82, 2.24) is 15.5 Å². The van der Waals surface area contributed by atoms with Crippen LogP contribution in [0.15, 0.2) is 24.3 Å². The maximum absolute atomic E-state index is 12.3. The van der Waals surface area contributed by atoms with E-state index in [2.05, 4.69) is 39.8 Å². The third-order valence-corrected chi connectivity index (χ3v) is 4.52. The molecule has 0 spiro atoms. The van der Waals surface area contributed by atoms with Crippen LogP contribution in [-0.4, -0.2) is 54.1 Å². The predicted octanol–water partition coefficient (Wildman–Crippen LogP) is 0.820. The molecule has 1 heterocycles. The Balaban J connectivity index is 1.97. The van der Waals surface area contributed by atoms with Crippen LogP contribution in [0.25, 0.3) is 0 Å². The second kappa shape index (κ2) is 8.45. The van der Waals surface area contributed by atoms with Crippen molar-refractivity contribution in [2.24, 2.45) is 5.41 Å². The number of hydrogen-bond donors (Lipinski definition) is 3. The standard InChI is InChI=1S/C19H29N3O3/c1-14-4-6-15(7-5-14)11-22-9-8-20-18(25)16(22)10-17(24)21-12-19(2,3)13-23/h4-7,16,23H,8-13H2,1-3H3,(H,20,25)(H,21,24). The molecular formula is C19H29N3O3. The zero-order valence-corrected chi connectivity index (χ0v) is 15.3. The van der Waals surface area contributed by atoms with Crippen LogP contribution in [0.3, 0.4) is 0 Å². The highest BCUT2D eigenvalue weighted by atomic mass is 16.3. The minimum absolute atomic E-state index is 0.00323. The van der Waals surface area contributed by atoms with E-state index < -0.39 is 6.04 Å². The Hall–Kier alpha value is -1.92. The molecule has 1 aliphatic rings. The van der Waals surface area contributed by atoms with Gasteiger partial charge in [0.2, 0.25) is 11.8 Å². The SMILES string of the molecule is Cc1ccc(CN2CCNC(=O)C2CC(=O)NCC(C)(C)CO)cc1. The number of carbonyl (C=O) groups excluding carboxylic acids is 2. The number of rotatable bonds is 7. The number of carbonyl (C=O) groups is 2. The summed E-state index contributed by atoms with van der Waals surface area (Å²) in [5.74, 6) is -0.271. The molecule has 1 aromatic rings. The molecule has 6 heteroatoms. The Bertz CT molecular complexity index is 598. The van der Waals surface area contributed by atoms with E-state index in [4.69, 9.17) is 0 Å². The molecule has 1 aliphatic heterocycles. The van der Waals surface area contributed by atoms with Gasteiger partial charge >= 0.3 is 0 Å². The van der Waals surface area contributed by atoms with Crippen LogP contribution in [0.1, 0.15) is 31.4 Å². The average molecular weight is 347 g/mol. The van der Waals surface area contributed by atoms with Gasteiger partial charge in [0.15, 0.2) is 0 Å². The number of aliphatic hydroxyl groups is 1. The maximum Gasteiger partial charge on any atom is 0.237 e. The summed E-state index contributed by atoms with van der Waals surface area (Å²) in [5.41, 5.74) is 1.96. The van der Waals surface area contributed by atoms with Gasteiger partial charge in [0.25, 0.3) is 0 Å². The Morgan fingerprint density at radius 2 is 2.04 bits per heavy atom. The van der Waals surface area contributed by atoms with Gasteiger partial charge in [-0.15, -0.1) is 0 Å². The first-order valence-corrected chi connectivity index (χ1v) is 8.75. The van der Waals surface area contributed by atoms with E-state index in [1.54, 1.807) is 0 Å². The van der Waals surface area contributed by atoms with Gasteiger partial charge in [0.05, 0.1) is 12.5 Å². The molecule has 0 radical (unpaired) electrons. The fraction of sp³-hybridized carbons (Fsp3) is 0.579. The van der Waals surface area contributed by atoms with Crippen molar-refractivity contribution < 1.29 is 14.7 Å². The van der Waals surface area contributed by atoms with E-state index in [0.717, 1.165) is 12.1 Å². The largest absolute Gasteiger partial charge is 0.396 e. The average Bonchev–Trinajstić information content (AvgIpc) is 2.58. The Kier molecular flexibility index (Phi) is 6.56. The highest BCUT2D eigenvalue weighted by Crippen LogP contribution is 2.15. The number of benzene rings is 1. The molecule has 1 fully saturated rings. The molecular weight excluding hydrogens is 318 g/mol. The molecule has 25 heavy (non-hydrogen) atoms. The Morgan fingerprint density at radius 1 is 1.36 bits per heavy atom. The van der Waals surface area contributed by atoms with Crippen molar-refractivity contribution >= 4 is 11.8 Å². The van der Waals surface area contributed by atoms with Gasteiger partial charge in [0, 0.05) is 38.2 Å². The quantitative estimate of drug-likeness (QED) is 0.682. The van der Waals surface area contributed by atoms with E-state index in [0.29, 0.717) is 19.6 Å². The number of aliphatic hydroxyl groups excluding tert-OH is 1. The minimum atomic E-state index is -0.465. The molecule has 0 bridgehead atoms. The highest BCUT2D eigenvalue weighted by Gasteiger charge is 2.31. The molecule has 0 aliphatic carbocycles. The lowest BCUT2D eigenvalue weighted by molar-refractivity contribution is -0.134. The molecule has 2 amide bonds. The molecule has 1 saturated heterocycles. The Morgan fingerprint density at radius 3 is 2.68 bits per heavy atom. The fourth-order valence-electron chi connectivity index (χ4n) is 2.74. The monoisotopic (exact) mass is 347 g/mol. The summed E-state index contributed by atoms with van der Waals surface area (Å²) in [6, 6.07) is 7.76. The van der Waals surface area contributed by atoms with Gasteiger partial charge in [-0.2, -0.15) is 0 Å². The molecule has 2 rings (SSSR count). The summed E-state index contributed by atoms with van der Waals surface area (Å²) in [6.45, 7) is 8.15. The lowest BCUT2D eigenvalue weighted by atomic mass is 9.95. The van der Waals surface area contributed by atoms with E-state index in [1.807, 2.05) is 20.8 Å². The number of hydrogen-bond acceptors (Lipinski definition) is 4. The second-order valence-electron chi connectivity index (χ2n) is 7.57. The van der Waals surface area contributed by atoms with Crippen molar-refractivity contribution in [2.45, 2.75) is 39.8 Å². The van der Waals surface area contributed by atoms with E-state index in [9.17, 15) is 14.7 Å². The number of nitrogens with one attached hydrogen (secondary N) is 2. The zero-order chi connectivity index (χ0) is 18.4. The van der Waals surface area contributed by atoms with Crippen LogP contribution >= 0.6 is 0 Å². The smallest absolute Gasteiger partial charge is 0.237 e. The molecule has 6 nitrogen and oxygen atoms in total. The first kappa shape index (κ1) is 19.4. The first-order valence-electron chi connectivity index (χ1n) is 8.75. The molecule has 3 N–H and O–H groups in total. The van der Waals surface area contributed by atoms with Crippen LogP contribution in [0.2, 0.25) is 0 Å². The minimum Gasteiger partial charge on any atom is -0.396 e. The molecule has 1 unspecified atom stereocenters. The molecule has 1 aromatic carbocycles. The second-order valence-corrected chi connectivity index (χ2v) is 7.57. The molecule has 138 valence electrons. The molecule has 0 saturated carbocycles. The van der Waals surface area contributed by atoms with Crippen LogP contribution in [0.5, 0.6) is 0 Å². The van der Waals surface area contributed by atoms with Crippen molar-refractivity contribution in [3.63, 3.8) is 0 Å². The summed E-state index contributed by atoms with van der Waals surface area (Å²) >= 11 is 0. The topological polar surface area (TPSA) is 81.7 Å². The van der Waals surface area contributed by atoms with Crippen molar-refractivity contribution in [1.29, 1.82) is 0 Å². The van der Waals surface area contributed by atoms with E-state index in [-0.39, 0.29) is 30.3 Å². The maximum atomic E-state index is 12.3. The van der Waals surface area contributed by atoms with E-state index >= 15 is 0 Å². The number of amides is 2. The van der Waals surface area contributed by atoms with Crippen LogP contribution in [0.4, 0.5) is 0 Å². The van der Waals surface area contributed by atoms with Crippen LogP contribution in [-0.2, 0) is 16.1 Å². The van der Waals surface area contributed by atoms with Gasteiger partial charge < -0.3 is 15.7 Å². The van der Waals surface area contributed by atoms with E-state index in [1.165, 1.54) is 5.56 Å². The normalized spacial score (nSPS) is 18.7. The van der Waals surface area contributed by atoms with Crippen LogP contribution < -0.4 is 10.6 Å². The lowest BCUT2D eigenvalue weighted by Gasteiger charge is -2.35. The first-order chi connectivity index (χ1) is 11.8. The number of piperazine rings is 1. The molecule has 0 aromatic heterocycles. The van der Waals surface area contributed by atoms with Gasteiger partial charge in [-0.05, 0) is 12.5 Å². The third kappa shape index (κ3) is 5.83. The van der Waals surface area contributed by atoms with Crippen LogP contribution in [0, 0.1) is 12.3 Å². The van der Waals surface area contributed by atoms with Crippen molar-refractivity contribution in [3.8, 4) is 0 Å². The summed E-state index contributed by atoms with van der Waals surface area (Å²) in [6.07, 6.45) is 0.124. The summed E-state index contributed by atoms with van der Waals surface area (Å²) in [7, 11) is 0. The van der Waals surface area contributed by atoms with Gasteiger partial charge in [-0.1, -0.05) is 43.7 Å². The van der Waals surface area contributed by atoms with Crippen molar-refractivity contribution in [2.75, 3.05) is 26.2 Å². The number of aryl methyl sites for hydroxylation is 1. The highest BCUT2D eigenvalue weighted by molar-refractivity contribution is 5.88. The predicted molar refractivity (Wildman–Crippen MR) is 96.9 cm³/mol. The fourth-order valence-corrected chi connectivity index (χ4v) is 2.74. The Labute approximate surface area is 149 Å². The third-order valence-electron chi connectivity index (χ3n) is 4.52. The van der Waals surface area contributed by atoms with Gasteiger partial charge in [-0.3, -0.25) is 14.5 Å². The summed E-state index contributed by atoms with van der Waals surface area (Å²) in [5, 5.41) is 14.9.